The van der Waals surface area contributed by atoms with Crippen LogP contribution in [0.15, 0.2) is 48.5 Å². The molecule has 0 aliphatic carbocycles. The first kappa shape index (κ1) is 17.1. The number of carbonyl (C=O) groups excluding carboxylic acids is 2. The van der Waals surface area contributed by atoms with Gasteiger partial charge in [-0.25, -0.2) is 0 Å². The molecule has 3 N–H and O–H groups in total. The number of hydrogen-bond acceptors (Lipinski definition) is 4. The molecule has 0 radical (unpaired) electrons. The lowest BCUT2D eigenvalue weighted by molar-refractivity contribution is -0.133. The fourth-order valence-corrected chi connectivity index (χ4v) is 2.84. The Morgan fingerprint density at radius 2 is 1.88 bits per heavy atom. The van der Waals surface area contributed by atoms with E-state index in [9.17, 15) is 14.7 Å². The molecule has 6 heteroatoms. The molecule has 1 aliphatic rings. The van der Waals surface area contributed by atoms with Gasteiger partial charge < -0.3 is 20.4 Å². The molecule has 0 spiro atoms. The van der Waals surface area contributed by atoms with Crippen LogP contribution in [-0.2, 0) is 17.9 Å². The van der Waals surface area contributed by atoms with Crippen molar-refractivity contribution < 1.29 is 19.8 Å². The first-order valence-electron chi connectivity index (χ1n) is 8.01. The molecule has 3 rings (SSSR count). The fourth-order valence-electron chi connectivity index (χ4n) is 2.84. The highest BCUT2D eigenvalue weighted by atomic mass is 16.3. The van der Waals surface area contributed by atoms with Gasteiger partial charge in [0.1, 0.15) is 0 Å². The van der Waals surface area contributed by atoms with Gasteiger partial charge in [0.25, 0.3) is 11.8 Å². The number of nitrogens with one attached hydrogen (secondary N) is 1. The van der Waals surface area contributed by atoms with Gasteiger partial charge in [-0.1, -0.05) is 30.3 Å². The molecule has 2 aromatic carbocycles. The van der Waals surface area contributed by atoms with E-state index >= 15 is 0 Å². The summed E-state index contributed by atoms with van der Waals surface area (Å²) in [5, 5.41) is 22.2. The highest BCUT2D eigenvalue weighted by molar-refractivity contribution is 6.00. The van der Waals surface area contributed by atoms with Crippen molar-refractivity contribution >= 4 is 17.5 Å². The number of aliphatic hydroxyl groups is 2. The largest absolute Gasteiger partial charge is 0.392 e. The molecule has 1 heterocycles. The zero-order valence-corrected chi connectivity index (χ0v) is 13.9. The fraction of sp³-hybridized carbons (Fsp3) is 0.263. The summed E-state index contributed by atoms with van der Waals surface area (Å²) in [6.07, 6.45) is 0. The van der Waals surface area contributed by atoms with Gasteiger partial charge in [-0.15, -0.1) is 0 Å². The third-order valence-electron chi connectivity index (χ3n) is 4.28. The van der Waals surface area contributed by atoms with Crippen molar-refractivity contribution in [1.29, 1.82) is 0 Å². The van der Waals surface area contributed by atoms with Gasteiger partial charge in [-0.05, 0) is 36.2 Å². The Labute approximate surface area is 145 Å². The van der Waals surface area contributed by atoms with E-state index in [4.69, 9.17) is 5.11 Å². The van der Waals surface area contributed by atoms with Crippen LogP contribution in [0, 0.1) is 0 Å². The summed E-state index contributed by atoms with van der Waals surface area (Å²) >= 11 is 0. The van der Waals surface area contributed by atoms with Gasteiger partial charge in [0.2, 0.25) is 0 Å². The first-order chi connectivity index (χ1) is 11.9. The molecule has 1 aliphatic heterocycles. The molecule has 0 saturated carbocycles. The minimum Gasteiger partial charge on any atom is -0.392 e. The summed E-state index contributed by atoms with van der Waals surface area (Å²) < 4.78 is 0. The highest BCUT2D eigenvalue weighted by Crippen LogP contribution is 2.24. The van der Waals surface area contributed by atoms with E-state index in [1.807, 2.05) is 12.1 Å². The molecule has 2 aromatic rings. The van der Waals surface area contributed by atoms with Gasteiger partial charge in [0.15, 0.2) is 5.60 Å². The second-order valence-corrected chi connectivity index (χ2v) is 6.40. The Bertz CT molecular complexity index is 799. The summed E-state index contributed by atoms with van der Waals surface area (Å²) in [5.74, 6) is -0.774. The maximum absolute atomic E-state index is 12.4. The predicted molar refractivity (Wildman–Crippen MR) is 92.8 cm³/mol. The lowest BCUT2D eigenvalue weighted by atomic mass is 10.0. The molecule has 0 bridgehead atoms. The van der Waals surface area contributed by atoms with Crippen LogP contribution in [0.1, 0.15) is 28.4 Å². The Hall–Kier alpha value is -2.70. The third-order valence-corrected chi connectivity index (χ3v) is 4.28. The minimum atomic E-state index is -1.73. The van der Waals surface area contributed by atoms with E-state index in [2.05, 4.69) is 5.32 Å². The minimum absolute atomic E-state index is 0.0798. The van der Waals surface area contributed by atoms with Crippen molar-refractivity contribution in [2.24, 2.45) is 0 Å². The normalized spacial score (nSPS) is 15.6. The van der Waals surface area contributed by atoms with Crippen LogP contribution in [0.3, 0.4) is 0 Å². The molecule has 0 aromatic heterocycles. The molecular formula is C19H20N2O4. The molecular weight excluding hydrogens is 320 g/mol. The molecule has 1 unspecified atom stereocenters. The van der Waals surface area contributed by atoms with Crippen molar-refractivity contribution in [3.63, 3.8) is 0 Å². The quantitative estimate of drug-likeness (QED) is 0.770. The first-order valence-corrected chi connectivity index (χ1v) is 8.01. The second-order valence-electron chi connectivity index (χ2n) is 6.40. The molecule has 2 amide bonds. The second kappa shape index (κ2) is 6.66. The standard InChI is InChI=1S/C19H20N2O4/c1-19(25,18(24)20-15-8-6-13(11-22)7-9-15)12-21-10-14-4-2-3-5-16(14)17(21)23/h2-9,22,25H,10-12H2,1H3,(H,20,24). The summed E-state index contributed by atoms with van der Waals surface area (Å²) in [6, 6.07) is 13.9. The lowest BCUT2D eigenvalue weighted by Gasteiger charge is -2.27. The average Bonchev–Trinajstić information content (AvgIpc) is 2.91. The Morgan fingerprint density at radius 3 is 2.52 bits per heavy atom. The Morgan fingerprint density at radius 1 is 1.20 bits per heavy atom. The van der Waals surface area contributed by atoms with Gasteiger partial charge in [-0.2, -0.15) is 0 Å². The van der Waals surface area contributed by atoms with E-state index in [-0.39, 0.29) is 19.1 Å². The van der Waals surface area contributed by atoms with E-state index in [1.165, 1.54) is 11.8 Å². The highest BCUT2D eigenvalue weighted by Gasteiger charge is 2.37. The van der Waals surface area contributed by atoms with E-state index in [0.29, 0.717) is 17.8 Å². The van der Waals surface area contributed by atoms with Crippen LogP contribution in [0.25, 0.3) is 0 Å². The van der Waals surface area contributed by atoms with Crippen LogP contribution < -0.4 is 5.32 Å². The topological polar surface area (TPSA) is 89.9 Å². The number of β-amino-alcohol motifs (C(OH)–C–C–N with tert-alkyl or cyclic N) is 1. The van der Waals surface area contributed by atoms with Crippen LogP contribution in [0.4, 0.5) is 5.69 Å². The lowest BCUT2D eigenvalue weighted by Crippen LogP contribution is -2.49. The molecule has 0 fully saturated rings. The van der Waals surface area contributed by atoms with Crippen molar-refractivity contribution in [1.82, 2.24) is 4.90 Å². The number of hydrogen-bond donors (Lipinski definition) is 3. The summed E-state index contributed by atoms with van der Waals surface area (Å²) in [7, 11) is 0. The number of carbonyl (C=O) groups is 2. The van der Waals surface area contributed by atoms with Crippen molar-refractivity contribution in [3.8, 4) is 0 Å². The molecule has 1 atom stereocenters. The van der Waals surface area contributed by atoms with E-state index < -0.39 is 11.5 Å². The van der Waals surface area contributed by atoms with Crippen LogP contribution in [0.2, 0.25) is 0 Å². The smallest absolute Gasteiger partial charge is 0.257 e. The molecule has 130 valence electrons. The number of nitrogens with zero attached hydrogens (tertiary/aromatic N) is 1. The van der Waals surface area contributed by atoms with Gasteiger partial charge in [0, 0.05) is 17.8 Å². The monoisotopic (exact) mass is 340 g/mol. The molecule has 25 heavy (non-hydrogen) atoms. The summed E-state index contributed by atoms with van der Waals surface area (Å²) in [6.45, 7) is 1.59. The average molecular weight is 340 g/mol. The Kier molecular flexibility index (Phi) is 4.57. The SMILES string of the molecule is CC(O)(CN1Cc2ccccc2C1=O)C(=O)Nc1ccc(CO)cc1. The predicted octanol–water partition coefficient (Wildman–Crippen LogP) is 1.52. The third kappa shape index (κ3) is 3.55. The maximum Gasteiger partial charge on any atom is 0.257 e. The van der Waals surface area contributed by atoms with Crippen LogP contribution in [0.5, 0.6) is 0 Å². The summed E-state index contributed by atoms with van der Waals surface area (Å²) in [4.78, 5) is 26.3. The Balaban J connectivity index is 1.67. The van der Waals surface area contributed by atoms with E-state index in [1.54, 1.807) is 36.4 Å². The van der Waals surface area contributed by atoms with Crippen molar-refractivity contribution in [2.75, 3.05) is 11.9 Å². The van der Waals surface area contributed by atoms with E-state index in [0.717, 1.165) is 11.1 Å². The number of amides is 2. The van der Waals surface area contributed by atoms with Gasteiger partial charge in [-0.3, -0.25) is 9.59 Å². The number of aliphatic hydroxyl groups excluding tert-OH is 1. The number of rotatable bonds is 5. The summed E-state index contributed by atoms with van der Waals surface area (Å²) in [5.41, 5.74) is 1.01. The molecule has 0 saturated heterocycles. The van der Waals surface area contributed by atoms with Crippen LogP contribution in [-0.4, -0.2) is 39.1 Å². The zero-order valence-electron chi connectivity index (χ0n) is 13.9. The van der Waals surface area contributed by atoms with Gasteiger partial charge >= 0.3 is 0 Å². The van der Waals surface area contributed by atoms with Gasteiger partial charge in [0.05, 0.1) is 13.2 Å². The number of anilines is 1. The maximum atomic E-state index is 12.4. The van der Waals surface area contributed by atoms with Crippen molar-refractivity contribution in [3.05, 3.63) is 65.2 Å². The van der Waals surface area contributed by atoms with Crippen LogP contribution >= 0.6 is 0 Å². The zero-order chi connectivity index (χ0) is 18.0. The molecule has 6 nitrogen and oxygen atoms in total. The number of fused-ring (bicyclic) bond motifs is 1. The number of benzene rings is 2. The van der Waals surface area contributed by atoms with Crippen molar-refractivity contribution in [2.45, 2.75) is 25.7 Å².